The first kappa shape index (κ1) is 22.1. The van der Waals surface area contributed by atoms with Gasteiger partial charge in [0.1, 0.15) is 17.5 Å². The highest BCUT2D eigenvalue weighted by Gasteiger charge is 2.17. The van der Waals surface area contributed by atoms with Crippen LogP contribution in [-0.4, -0.2) is 14.8 Å². The second kappa shape index (κ2) is 9.57. The molecule has 4 rings (SSSR count). The summed E-state index contributed by atoms with van der Waals surface area (Å²) in [5.41, 5.74) is 2.04. The summed E-state index contributed by atoms with van der Waals surface area (Å²) in [6, 6.07) is 16.2. The van der Waals surface area contributed by atoms with Crippen LogP contribution in [-0.2, 0) is 12.2 Å². The van der Waals surface area contributed by atoms with E-state index in [4.69, 9.17) is 34.8 Å². The van der Waals surface area contributed by atoms with Gasteiger partial charge < -0.3 is 0 Å². The molecule has 0 N–H and O–H groups in total. The summed E-state index contributed by atoms with van der Waals surface area (Å²) in [4.78, 5) is 0. The topological polar surface area (TPSA) is 30.7 Å². The Morgan fingerprint density at radius 2 is 1.61 bits per heavy atom. The van der Waals surface area contributed by atoms with Crippen molar-refractivity contribution in [2.75, 3.05) is 0 Å². The van der Waals surface area contributed by atoms with E-state index in [1.54, 1.807) is 36.4 Å². The van der Waals surface area contributed by atoms with E-state index in [-0.39, 0.29) is 10.8 Å². The predicted octanol–water partition coefficient (Wildman–Crippen LogP) is 7.39. The molecule has 31 heavy (non-hydrogen) atoms. The molecule has 0 aliphatic carbocycles. The van der Waals surface area contributed by atoms with Crippen molar-refractivity contribution < 1.29 is 8.78 Å². The molecule has 158 valence electrons. The summed E-state index contributed by atoms with van der Waals surface area (Å²) < 4.78 is 29.6. The first-order valence-corrected chi connectivity index (χ1v) is 11.2. The zero-order valence-electron chi connectivity index (χ0n) is 15.8. The predicted molar refractivity (Wildman–Crippen MR) is 122 cm³/mol. The average Bonchev–Trinajstić information content (AvgIpc) is 3.15. The molecule has 3 nitrogen and oxygen atoms in total. The number of hydrogen-bond donors (Lipinski definition) is 0. The van der Waals surface area contributed by atoms with E-state index in [0.717, 1.165) is 5.56 Å². The van der Waals surface area contributed by atoms with Crippen LogP contribution in [0.15, 0.2) is 65.8 Å². The molecule has 0 aliphatic heterocycles. The lowest BCUT2D eigenvalue weighted by atomic mass is 10.1. The van der Waals surface area contributed by atoms with Gasteiger partial charge in [-0.15, -0.1) is 10.2 Å². The van der Waals surface area contributed by atoms with Crippen molar-refractivity contribution in [1.29, 1.82) is 0 Å². The van der Waals surface area contributed by atoms with E-state index in [0.29, 0.717) is 44.5 Å². The van der Waals surface area contributed by atoms with Crippen LogP contribution in [0.1, 0.15) is 17.0 Å². The summed E-state index contributed by atoms with van der Waals surface area (Å²) in [6.45, 7) is 0. The van der Waals surface area contributed by atoms with Crippen LogP contribution in [0.25, 0.3) is 5.69 Å². The molecule has 0 saturated heterocycles. The first-order chi connectivity index (χ1) is 14.9. The van der Waals surface area contributed by atoms with E-state index in [1.807, 2.05) is 10.6 Å². The minimum Gasteiger partial charge on any atom is -0.274 e. The fourth-order valence-corrected chi connectivity index (χ4v) is 4.45. The van der Waals surface area contributed by atoms with E-state index in [2.05, 4.69) is 10.2 Å². The third kappa shape index (κ3) is 5.04. The van der Waals surface area contributed by atoms with Gasteiger partial charge in [-0.2, -0.15) is 0 Å². The largest absolute Gasteiger partial charge is 0.274 e. The van der Waals surface area contributed by atoms with Crippen LogP contribution in [0.5, 0.6) is 0 Å². The van der Waals surface area contributed by atoms with Crippen LogP contribution in [0.4, 0.5) is 8.78 Å². The molecule has 1 aromatic heterocycles. The molecule has 4 aromatic rings. The van der Waals surface area contributed by atoms with Crippen LogP contribution >= 0.6 is 46.6 Å². The zero-order chi connectivity index (χ0) is 22.0. The summed E-state index contributed by atoms with van der Waals surface area (Å²) in [5.74, 6) is 0.121. The standard InChI is InChI=1S/C22H14Cl3F2N3S/c23-17-9-4-13(10-19(17)25)11-20-28-29-22(30(20)16-7-5-15(26)6-8-16)31-12-14-2-1-3-18(24)21(14)27/h1-10H,11-12H2. The fourth-order valence-electron chi connectivity index (χ4n) is 2.99. The highest BCUT2D eigenvalue weighted by atomic mass is 35.5. The Kier molecular flexibility index (Phi) is 6.82. The lowest BCUT2D eigenvalue weighted by Crippen LogP contribution is -2.04. The van der Waals surface area contributed by atoms with E-state index >= 15 is 0 Å². The molecule has 0 atom stereocenters. The van der Waals surface area contributed by atoms with Gasteiger partial charge in [-0.1, -0.05) is 64.8 Å². The Morgan fingerprint density at radius 1 is 0.839 bits per heavy atom. The van der Waals surface area contributed by atoms with Gasteiger partial charge in [0.05, 0.1) is 15.1 Å². The minimum atomic E-state index is -0.458. The van der Waals surface area contributed by atoms with Gasteiger partial charge in [-0.05, 0) is 53.6 Å². The molecule has 0 unspecified atom stereocenters. The number of thioether (sulfide) groups is 1. The van der Waals surface area contributed by atoms with Gasteiger partial charge in [0.2, 0.25) is 0 Å². The maximum Gasteiger partial charge on any atom is 0.196 e. The number of rotatable bonds is 6. The highest BCUT2D eigenvalue weighted by molar-refractivity contribution is 7.98. The number of hydrogen-bond acceptors (Lipinski definition) is 3. The Balaban J connectivity index is 1.68. The fraction of sp³-hybridized carbons (Fsp3) is 0.0909. The van der Waals surface area contributed by atoms with Gasteiger partial charge in [0.25, 0.3) is 0 Å². The Bertz CT molecular complexity index is 1230. The average molecular weight is 497 g/mol. The van der Waals surface area contributed by atoms with Gasteiger partial charge in [0, 0.05) is 17.9 Å². The number of halogens is 5. The molecule has 3 aromatic carbocycles. The molecular formula is C22H14Cl3F2N3S. The summed E-state index contributed by atoms with van der Waals surface area (Å²) >= 11 is 19.3. The van der Waals surface area contributed by atoms with Crippen molar-refractivity contribution in [2.45, 2.75) is 17.3 Å². The molecule has 0 fully saturated rings. The molecule has 0 radical (unpaired) electrons. The smallest absolute Gasteiger partial charge is 0.196 e. The number of benzene rings is 3. The quantitative estimate of drug-likeness (QED) is 0.261. The third-order valence-electron chi connectivity index (χ3n) is 4.52. The van der Waals surface area contributed by atoms with E-state index < -0.39 is 5.82 Å². The number of nitrogens with zero attached hydrogens (tertiary/aromatic N) is 3. The molecule has 1 heterocycles. The van der Waals surface area contributed by atoms with Crippen molar-refractivity contribution in [1.82, 2.24) is 14.8 Å². The van der Waals surface area contributed by atoms with E-state index in [1.165, 1.54) is 30.0 Å². The second-order valence-electron chi connectivity index (χ2n) is 6.64. The molecule has 0 aliphatic rings. The van der Waals surface area contributed by atoms with Crippen molar-refractivity contribution in [3.63, 3.8) is 0 Å². The molecule has 0 spiro atoms. The Morgan fingerprint density at radius 3 is 2.35 bits per heavy atom. The zero-order valence-corrected chi connectivity index (χ0v) is 18.9. The molecule has 0 saturated carbocycles. The summed E-state index contributed by atoms with van der Waals surface area (Å²) in [6.07, 6.45) is 0.424. The molecule has 0 amide bonds. The van der Waals surface area contributed by atoms with Crippen molar-refractivity contribution in [3.8, 4) is 5.69 Å². The van der Waals surface area contributed by atoms with Gasteiger partial charge >= 0.3 is 0 Å². The summed E-state index contributed by atoms with van der Waals surface area (Å²) in [5, 5.41) is 10.1. The summed E-state index contributed by atoms with van der Waals surface area (Å²) in [7, 11) is 0. The Labute approximate surface area is 197 Å². The second-order valence-corrected chi connectivity index (χ2v) is 8.80. The maximum absolute atomic E-state index is 14.3. The SMILES string of the molecule is Fc1ccc(-n2c(Cc3ccc(Cl)c(Cl)c3)nnc2SCc2cccc(Cl)c2F)cc1. The van der Waals surface area contributed by atoms with Crippen LogP contribution in [0, 0.1) is 11.6 Å². The highest BCUT2D eigenvalue weighted by Crippen LogP contribution is 2.30. The molecule has 0 bridgehead atoms. The lowest BCUT2D eigenvalue weighted by molar-refractivity contribution is 0.617. The van der Waals surface area contributed by atoms with Crippen molar-refractivity contribution in [3.05, 3.63) is 104 Å². The Hall–Kier alpha value is -2.12. The lowest BCUT2D eigenvalue weighted by Gasteiger charge is -2.11. The normalized spacial score (nSPS) is 11.1. The van der Waals surface area contributed by atoms with Crippen molar-refractivity contribution >= 4 is 46.6 Å². The molecular weight excluding hydrogens is 483 g/mol. The van der Waals surface area contributed by atoms with Crippen LogP contribution in [0.2, 0.25) is 15.1 Å². The van der Waals surface area contributed by atoms with Crippen molar-refractivity contribution in [2.24, 2.45) is 0 Å². The van der Waals surface area contributed by atoms with E-state index in [9.17, 15) is 8.78 Å². The third-order valence-corrected chi connectivity index (χ3v) is 6.53. The van der Waals surface area contributed by atoms with Crippen LogP contribution in [0.3, 0.4) is 0 Å². The monoisotopic (exact) mass is 495 g/mol. The number of aromatic nitrogens is 3. The minimum absolute atomic E-state index is 0.0680. The maximum atomic E-state index is 14.3. The van der Waals surface area contributed by atoms with Crippen LogP contribution < -0.4 is 0 Å². The molecule has 9 heteroatoms. The first-order valence-electron chi connectivity index (χ1n) is 9.12. The van der Waals surface area contributed by atoms with Gasteiger partial charge in [0.15, 0.2) is 5.16 Å². The van der Waals surface area contributed by atoms with Gasteiger partial charge in [-0.3, -0.25) is 4.57 Å². The van der Waals surface area contributed by atoms with Gasteiger partial charge in [-0.25, -0.2) is 8.78 Å².